The number of alkyl carbamates (subject to hydrolysis) is 1. The predicted molar refractivity (Wildman–Crippen MR) is 148 cm³/mol. The number of ether oxygens (including phenoxy) is 2. The van der Waals surface area contributed by atoms with Gasteiger partial charge in [0.25, 0.3) is 0 Å². The minimum Gasteiger partial charge on any atom is -0.453 e. The number of nitrogens with one attached hydrogen (secondary N) is 1. The summed E-state index contributed by atoms with van der Waals surface area (Å²) >= 11 is 0. The summed E-state index contributed by atoms with van der Waals surface area (Å²) < 4.78 is 39.7. The molecule has 12 nitrogen and oxygen atoms in total. The lowest BCUT2D eigenvalue weighted by molar-refractivity contribution is -0.130. The number of benzene rings is 2. The van der Waals surface area contributed by atoms with Crippen LogP contribution in [0, 0.1) is 11.6 Å². The largest absolute Gasteiger partial charge is 0.453 e. The highest BCUT2D eigenvalue weighted by Gasteiger charge is 2.34. The molecule has 4 amide bonds. The molecule has 1 unspecified atom stereocenters. The molecule has 0 saturated carbocycles. The van der Waals surface area contributed by atoms with E-state index in [0.717, 1.165) is 22.6 Å². The van der Waals surface area contributed by atoms with Crippen LogP contribution in [-0.4, -0.2) is 81.9 Å². The number of methoxy groups -OCH3 is 1. The number of piperazine rings is 1. The average molecular weight is 575 g/mol. The molecule has 2 aromatic carbocycles. The van der Waals surface area contributed by atoms with Crippen LogP contribution in [0.2, 0.25) is 0 Å². The lowest BCUT2D eigenvalue weighted by Crippen LogP contribution is -2.49. The number of primary amides is 1. The Kier molecular flexibility index (Phi) is 10.8. The number of anilines is 3. The van der Waals surface area contributed by atoms with Crippen LogP contribution in [0.4, 0.5) is 35.4 Å². The third kappa shape index (κ3) is 8.06. The number of halogens is 2. The fourth-order valence-electron chi connectivity index (χ4n) is 4.38. The van der Waals surface area contributed by atoms with Crippen molar-refractivity contribution in [3.8, 4) is 0 Å². The summed E-state index contributed by atoms with van der Waals surface area (Å²) in [6.45, 7) is 1.13. The molecule has 4 rings (SSSR count). The van der Waals surface area contributed by atoms with Gasteiger partial charge in [0.2, 0.25) is 12.3 Å². The lowest BCUT2D eigenvalue weighted by atomic mass is 10.1. The molecule has 0 radical (unpaired) electrons. The number of hydrogen-bond donors (Lipinski definition) is 3. The van der Waals surface area contributed by atoms with Gasteiger partial charge in [-0.1, -0.05) is 30.4 Å². The number of cyclic esters (lactones) is 1. The number of nitrogen functional groups attached to an aromatic ring is 1. The smallest absolute Gasteiger partial charge is 0.414 e. The monoisotopic (exact) mass is 574 g/mol. The van der Waals surface area contributed by atoms with Crippen LogP contribution in [-0.2, 0) is 19.1 Å². The van der Waals surface area contributed by atoms with Gasteiger partial charge in [0.15, 0.2) is 11.6 Å². The number of carbonyl (C=O) groups excluding carboxylic acids is 4. The quantitative estimate of drug-likeness (QED) is 0.335. The van der Waals surface area contributed by atoms with E-state index in [-0.39, 0.29) is 56.3 Å². The van der Waals surface area contributed by atoms with Crippen molar-refractivity contribution < 1.29 is 37.4 Å². The maximum absolute atomic E-state index is 15.1. The number of hydrogen-bond acceptors (Lipinski definition) is 8. The number of nitrogens with zero attached hydrogens (tertiary/aromatic N) is 3. The van der Waals surface area contributed by atoms with Gasteiger partial charge in [-0.25, -0.2) is 18.4 Å². The van der Waals surface area contributed by atoms with E-state index in [2.05, 4.69) is 15.8 Å². The maximum atomic E-state index is 15.1. The van der Waals surface area contributed by atoms with Crippen molar-refractivity contribution in [1.29, 1.82) is 0 Å². The van der Waals surface area contributed by atoms with Crippen LogP contribution in [0.3, 0.4) is 0 Å². The summed E-state index contributed by atoms with van der Waals surface area (Å²) in [5.41, 5.74) is 11.3. The minimum absolute atomic E-state index is 0.00291. The van der Waals surface area contributed by atoms with E-state index in [1.54, 1.807) is 28.0 Å². The van der Waals surface area contributed by atoms with Crippen molar-refractivity contribution in [3.63, 3.8) is 0 Å². The Hall–Kier alpha value is -4.88. The Morgan fingerprint density at radius 3 is 2.39 bits per heavy atom. The maximum Gasteiger partial charge on any atom is 0.414 e. The SMILES string of the molecule is COC(=O)NCC1CN(c2cc(F)c(N3CCN(C(=O)C/C=C/c4ccccc4N)CC3)c(F)c2)C(=O)O1.NC=O. The fourth-order valence-corrected chi connectivity index (χ4v) is 4.38. The summed E-state index contributed by atoms with van der Waals surface area (Å²) in [6.07, 6.45) is 1.83. The van der Waals surface area contributed by atoms with Crippen LogP contribution in [0.15, 0.2) is 42.5 Å². The van der Waals surface area contributed by atoms with E-state index in [9.17, 15) is 14.4 Å². The second-order valence-electron chi connectivity index (χ2n) is 8.99. The lowest BCUT2D eigenvalue weighted by Gasteiger charge is -2.36. The van der Waals surface area contributed by atoms with E-state index in [1.807, 2.05) is 18.2 Å². The van der Waals surface area contributed by atoms with E-state index in [4.69, 9.17) is 15.3 Å². The molecule has 0 bridgehead atoms. The highest BCUT2D eigenvalue weighted by atomic mass is 19.1. The number of para-hydroxylation sites is 1. The molecule has 2 heterocycles. The Morgan fingerprint density at radius 1 is 1.15 bits per heavy atom. The van der Waals surface area contributed by atoms with Gasteiger partial charge in [0, 0.05) is 50.4 Å². The van der Waals surface area contributed by atoms with Crippen LogP contribution in [0.5, 0.6) is 0 Å². The van der Waals surface area contributed by atoms with Gasteiger partial charge in [0.1, 0.15) is 11.8 Å². The molecule has 2 aliphatic rings. The molecule has 0 aliphatic carbocycles. The van der Waals surface area contributed by atoms with Gasteiger partial charge < -0.3 is 36.1 Å². The van der Waals surface area contributed by atoms with E-state index in [0.29, 0.717) is 18.8 Å². The molecular formula is C27H32F2N6O6. The van der Waals surface area contributed by atoms with Gasteiger partial charge in [-0.05, 0) is 11.6 Å². The van der Waals surface area contributed by atoms with Crippen molar-refractivity contribution in [3.05, 3.63) is 59.7 Å². The second kappa shape index (κ2) is 14.5. The second-order valence-corrected chi connectivity index (χ2v) is 8.99. The molecule has 2 fully saturated rings. The van der Waals surface area contributed by atoms with Crippen molar-refractivity contribution in [2.75, 3.05) is 61.9 Å². The topological polar surface area (TPSA) is 161 Å². The van der Waals surface area contributed by atoms with Crippen LogP contribution in [0.25, 0.3) is 6.08 Å². The van der Waals surface area contributed by atoms with E-state index < -0.39 is 29.9 Å². The summed E-state index contributed by atoms with van der Waals surface area (Å²) in [5.74, 6) is -1.74. The molecule has 220 valence electrons. The number of amides is 4. The van der Waals surface area contributed by atoms with Crippen LogP contribution >= 0.6 is 0 Å². The van der Waals surface area contributed by atoms with Crippen molar-refractivity contribution in [2.45, 2.75) is 12.5 Å². The van der Waals surface area contributed by atoms with Gasteiger partial charge in [-0.15, -0.1) is 0 Å². The van der Waals surface area contributed by atoms with Crippen LogP contribution < -0.4 is 26.6 Å². The molecular weight excluding hydrogens is 542 g/mol. The Balaban J connectivity index is 0.00000147. The fraction of sp³-hybridized carbons (Fsp3) is 0.333. The standard InChI is InChI=1S/C26H29F2N5O5.CH3NO/c1-37-25(35)30-15-19-16-33(26(36)38-19)18-13-20(27)24(21(28)14-18)32-11-9-31(10-12-32)23(34)8-4-6-17-5-2-3-7-22(17)29;2-1-3/h2-7,13-14,19H,8-12,15-16,29H2,1H3,(H,30,35);1H,(H2,2,3)/b6-4+;. The van der Waals surface area contributed by atoms with Crippen LogP contribution in [0.1, 0.15) is 12.0 Å². The van der Waals surface area contributed by atoms with Gasteiger partial charge in [-0.2, -0.15) is 0 Å². The zero-order valence-electron chi connectivity index (χ0n) is 22.4. The Bertz CT molecular complexity index is 1260. The highest BCUT2D eigenvalue weighted by Crippen LogP contribution is 2.31. The summed E-state index contributed by atoms with van der Waals surface area (Å²) in [5, 5.41) is 2.42. The molecule has 1 atom stereocenters. The van der Waals surface area contributed by atoms with Gasteiger partial charge >= 0.3 is 12.2 Å². The predicted octanol–water partition coefficient (Wildman–Crippen LogP) is 2.08. The van der Waals surface area contributed by atoms with E-state index >= 15 is 8.78 Å². The highest BCUT2D eigenvalue weighted by molar-refractivity contribution is 5.90. The minimum atomic E-state index is -0.827. The molecule has 5 N–H and O–H groups in total. The molecule has 41 heavy (non-hydrogen) atoms. The summed E-state index contributed by atoms with van der Waals surface area (Å²) in [4.78, 5) is 48.9. The molecule has 0 aromatic heterocycles. The van der Waals surface area contributed by atoms with Crippen molar-refractivity contribution in [1.82, 2.24) is 10.2 Å². The molecule has 2 aliphatic heterocycles. The third-order valence-electron chi connectivity index (χ3n) is 6.38. The average Bonchev–Trinajstić information content (AvgIpc) is 3.33. The summed E-state index contributed by atoms with van der Waals surface area (Å²) in [7, 11) is 1.20. The van der Waals surface area contributed by atoms with Gasteiger partial charge in [0.05, 0.1) is 25.9 Å². The third-order valence-corrected chi connectivity index (χ3v) is 6.38. The first-order valence-electron chi connectivity index (χ1n) is 12.7. The number of nitrogens with two attached hydrogens (primary N) is 2. The molecule has 14 heteroatoms. The number of carbonyl (C=O) groups is 4. The van der Waals surface area contributed by atoms with E-state index in [1.165, 1.54) is 7.11 Å². The zero-order valence-corrected chi connectivity index (χ0v) is 22.4. The Morgan fingerprint density at radius 2 is 1.78 bits per heavy atom. The molecule has 2 aromatic rings. The molecule has 0 spiro atoms. The van der Waals surface area contributed by atoms with Gasteiger partial charge in [-0.3, -0.25) is 14.5 Å². The summed E-state index contributed by atoms with van der Waals surface area (Å²) in [6, 6.07) is 9.49. The first-order valence-corrected chi connectivity index (χ1v) is 12.7. The van der Waals surface area contributed by atoms with Crippen molar-refractivity contribution >= 4 is 47.6 Å². The van der Waals surface area contributed by atoms with Crippen molar-refractivity contribution in [2.24, 2.45) is 5.73 Å². The molecule has 2 saturated heterocycles. The zero-order chi connectivity index (χ0) is 29.9. The number of rotatable bonds is 7. The first-order chi connectivity index (χ1) is 19.7. The normalized spacial score (nSPS) is 16.6. The first kappa shape index (κ1) is 30.7. The Labute approximate surface area is 235 Å².